The highest BCUT2D eigenvalue weighted by Gasteiger charge is 2.31. The molecular weight excluding hydrogens is 393 g/mol. The van der Waals surface area contributed by atoms with Crippen LogP contribution in [0.1, 0.15) is 12.8 Å². The second kappa shape index (κ2) is 8.84. The molecule has 0 unspecified atom stereocenters. The standard InChI is InChI=1S/C20H24FN7.ClH/c1-28(2)17-5-4-14(11-25-17)15-10-16-18(24-9-8-23-16)19(27-15)26-13-20(21)6-3-7-22-12-20;/h4-5,8-11,22H,3,6-7,12-13H2,1-2H3,(H,26,27);1H/t20-;/m0./s1. The van der Waals surface area contributed by atoms with Crippen LogP contribution in [-0.4, -0.2) is 59.3 Å². The van der Waals surface area contributed by atoms with Crippen molar-refractivity contribution in [3.63, 3.8) is 0 Å². The molecule has 4 heterocycles. The predicted molar refractivity (Wildman–Crippen MR) is 117 cm³/mol. The highest BCUT2D eigenvalue weighted by Crippen LogP contribution is 2.27. The Morgan fingerprint density at radius 3 is 2.72 bits per heavy atom. The second-order valence-corrected chi connectivity index (χ2v) is 7.36. The molecule has 1 aliphatic heterocycles. The molecule has 0 aromatic carbocycles. The van der Waals surface area contributed by atoms with E-state index in [-0.39, 0.29) is 19.0 Å². The molecule has 154 valence electrons. The summed E-state index contributed by atoms with van der Waals surface area (Å²) in [6.45, 7) is 1.39. The lowest BCUT2D eigenvalue weighted by Gasteiger charge is -2.30. The summed E-state index contributed by atoms with van der Waals surface area (Å²) in [5, 5.41) is 6.31. The normalized spacial score (nSPS) is 18.9. The third-order valence-electron chi connectivity index (χ3n) is 4.95. The summed E-state index contributed by atoms with van der Waals surface area (Å²) in [5.41, 5.74) is 1.65. The smallest absolute Gasteiger partial charge is 0.155 e. The summed E-state index contributed by atoms with van der Waals surface area (Å²) in [7, 11) is 3.89. The first-order valence-electron chi connectivity index (χ1n) is 9.43. The number of fused-ring (bicyclic) bond motifs is 1. The van der Waals surface area contributed by atoms with Gasteiger partial charge in [-0.05, 0) is 37.6 Å². The van der Waals surface area contributed by atoms with Crippen molar-refractivity contribution >= 4 is 35.1 Å². The fraction of sp³-hybridized carbons (Fsp3) is 0.400. The van der Waals surface area contributed by atoms with Gasteiger partial charge in [0.1, 0.15) is 17.0 Å². The number of halogens is 2. The molecular formula is C20H25ClFN7. The zero-order chi connectivity index (χ0) is 19.6. The van der Waals surface area contributed by atoms with E-state index in [0.717, 1.165) is 30.0 Å². The fourth-order valence-electron chi connectivity index (χ4n) is 3.37. The van der Waals surface area contributed by atoms with Crippen molar-refractivity contribution in [1.29, 1.82) is 0 Å². The molecule has 4 rings (SSSR count). The molecule has 0 spiro atoms. The van der Waals surface area contributed by atoms with Crippen molar-refractivity contribution in [1.82, 2.24) is 25.3 Å². The van der Waals surface area contributed by atoms with E-state index in [2.05, 4.69) is 25.6 Å². The van der Waals surface area contributed by atoms with Crippen LogP contribution < -0.4 is 15.5 Å². The number of nitrogens with zero attached hydrogens (tertiary/aromatic N) is 5. The van der Waals surface area contributed by atoms with Crippen LogP contribution in [0, 0.1) is 0 Å². The Labute approximate surface area is 175 Å². The van der Waals surface area contributed by atoms with Gasteiger partial charge in [-0.3, -0.25) is 4.98 Å². The number of rotatable bonds is 5. The first-order chi connectivity index (χ1) is 13.5. The molecule has 0 bridgehead atoms. The van der Waals surface area contributed by atoms with Crippen molar-refractivity contribution in [3.8, 4) is 11.3 Å². The van der Waals surface area contributed by atoms with Gasteiger partial charge < -0.3 is 15.5 Å². The first kappa shape index (κ1) is 21.1. The largest absolute Gasteiger partial charge is 0.365 e. The number of alkyl halides is 1. The summed E-state index contributed by atoms with van der Waals surface area (Å²) in [6, 6.07) is 5.79. The highest BCUT2D eigenvalue weighted by molar-refractivity contribution is 5.88. The van der Waals surface area contributed by atoms with E-state index in [1.165, 1.54) is 0 Å². The van der Waals surface area contributed by atoms with Crippen LogP contribution in [0.15, 0.2) is 36.8 Å². The number of pyridine rings is 2. The lowest BCUT2D eigenvalue weighted by atomic mass is 9.96. The monoisotopic (exact) mass is 417 g/mol. The first-order valence-corrected chi connectivity index (χ1v) is 9.43. The minimum absolute atomic E-state index is 0. The molecule has 1 aliphatic rings. The topological polar surface area (TPSA) is 78.9 Å². The van der Waals surface area contributed by atoms with Crippen molar-refractivity contribution in [2.24, 2.45) is 0 Å². The lowest BCUT2D eigenvalue weighted by molar-refractivity contribution is 0.137. The van der Waals surface area contributed by atoms with Gasteiger partial charge in [-0.25, -0.2) is 19.3 Å². The molecule has 3 aromatic heterocycles. The number of hydrogen-bond donors (Lipinski definition) is 2. The lowest BCUT2D eigenvalue weighted by Crippen LogP contribution is -2.46. The van der Waals surface area contributed by atoms with E-state index in [9.17, 15) is 4.39 Å². The van der Waals surface area contributed by atoms with Gasteiger partial charge in [-0.15, -0.1) is 12.4 Å². The van der Waals surface area contributed by atoms with E-state index in [4.69, 9.17) is 4.98 Å². The van der Waals surface area contributed by atoms with Crippen LogP contribution in [-0.2, 0) is 0 Å². The van der Waals surface area contributed by atoms with Crippen LogP contribution in [0.2, 0.25) is 0 Å². The summed E-state index contributed by atoms with van der Waals surface area (Å²) in [4.78, 5) is 19.9. The highest BCUT2D eigenvalue weighted by atomic mass is 35.5. The minimum Gasteiger partial charge on any atom is -0.365 e. The molecule has 1 fully saturated rings. The number of aromatic nitrogens is 4. The maximum absolute atomic E-state index is 15.0. The van der Waals surface area contributed by atoms with E-state index in [0.29, 0.717) is 29.8 Å². The zero-order valence-corrected chi connectivity index (χ0v) is 17.3. The SMILES string of the molecule is CN(C)c1ccc(-c2cc3nccnc3c(NC[C@]3(F)CCCNC3)n2)cn1.Cl. The molecule has 2 N–H and O–H groups in total. The average Bonchev–Trinajstić information content (AvgIpc) is 2.72. The molecule has 29 heavy (non-hydrogen) atoms. The zero-order valence-electron chi connectivity index (χ0n) is 16.5. The van der Waals surface area contributed by atoms with Gasteiger partial charge >= 0.3 is 0 Å². The van der Waals surface area contributed by atoms with Crippen molar-refractivity contribution in [3.05, 3.63) is 36.8 Å². The van der Waals surface area contributed by atoms with Gasteiger partial charge in [0.25, 0.3) is 0 Å². The number of piperidine rings is 1. The molecule has 3 aromatic rings. The molecule has 1 atom stereocenters. The summed E-state index contributed by atoms with van der Waals surface area (Å²) >= 11 is 0. The van der Waals surface area contributed by atoms with Crippen molar-refractivity contribution in [2.45, 2.75) is 18.5 Å². The number of nitrogens with one attached hydrogen (secondary N) is 2. The summed E-state index contributed by atoms with van der Waals surface area (Å²) in [5.74, 6) is 1.41. The van der Waals surface area contributed by atoms with Crippen LogP contribution in [0.5, 0.6) is 0 Å². The molecule has 1 saturated heterocycles. The van der Waals surface area contributed by atoms with Gasteiger partial charge in [0.15, 0.2) is 5.82 Å². The van der Waals surface area contributed by atoms with Gasteiger partial charge in [0.2, 0.25) is 0 Å². The van der Waals surface area contributed by atoms with E-state index in [1.54, 1.807) is 18.6 Å². The Kier molecular flexibility index (Phi) is 6.44. The minimum atomic E-state index is -1.29. The van der Waals surface area contributed by atoms with E-state index < -0.39 is 5.67 Å². The Hall–Kier alpha value is -2.58. The maximum atomic E-state index is 15.0. The van der Waals surface area contributed by atoms with Crippen molar-refractivity contribution < 1.29 is 4.39 Å². The number of anilines is 2. The fourth-order valence-corrected chi connectivity index (χ4v) is 3.37. The Morgan fingerprint density at radius 2 is 2.03 bits per heavy atom. The molecule has 0 amide bonds. The Balaban J connectivity index is 0.00000240. The van der Waals surface area contributed by atoms with E-state index in [1.807, 2.05) is 37.2 Å². The molecule has 7 nitrogen and oxygen atoms in total. The molecule has 9 heteroatoms. The van der Waals surface area contributed by atoms with Crippen LogP contribution >= 0.6 is 12.4 Å². The molecule has 0 saturated carbocycles. The van der Waals surface area contributed by atoms with Crippen LogP contribution in [0.3, 0.4) is 0 Å². The molecule has 0 radical (unpaired) electrons. The van der Waals surface area contributed by atoms with Crippen LogP contribution in [0.25, 0.3) is 22.3 Å². The third-order valence-corrected chi connectivity index (χ3v) is 4.95. The molecule has 0 aliphatic carbocycles. The Morgan fingerprint density at radius 1 is 1.21 bits per heavy atom. The predicted octanol–water partition coefficient (Wildman–Crippen LogP) is 3.08. The van der Waals surface area contributed by atoms with E-state index >= 15 is 0 Å². The van der Waals surface area contributed by atoms with Gasteiger partial charge in [-0.1, -0.05) is 0 Å². The summed E-state index contributed by atoms with van der Waals surface area (Å²) < 4.78 is 15.0. The maximum Gasteiger partial charge on any atom is 0.155 e. The van der Waals surface area contributed by atoms with Crippen LogP contribution in [0.4, 0.5) is 16.0 Å². The van der Waals surface area contributed by atoms with Gasteiger partial charge in [0.05, 0.1) is 17.8 Å². The third kappa shape index (κ3) is 4.71. The average molecular weight is 418 g/mol. The summed E-state index contributed by atoms with van der Waals surface area (Å²) in [6.07, 6.45) is 6.41. The number of hydrogen-bond acceptors (Lipinski definition) is 7. The van der Waals surface area contributed by atoms with Gasteiger partial charge in [-0.2, -0.15) is 0 Å². The van der Waals surface area contributed by atoms with Crippen molar-refractivity contribution in [2.75, 3.05) is 43.9 Å². The Bertz CT molecular complexity index is 959. The van der Waals surface area contributed by atoms with Gasteiger partial charge in [0, 0.05) is 44.8 Å². The second-order valence-electron chi connectivity index (χ2n) is 7.36. The quantitative estimate of drug-likeness (QED) is 0.660.